The minimum absolute atomic E-state index is 0.0999. The molecule has 0 bridgehead atoms. The zero-order chi connectivity index (χ0) is 20.8. The molecule has 0 aliphatic heterocycles. The van der Waals surface area contributed by atoms with Crippen LogP contribution in [0.15, 0.2) is 60.7 Å². The molecule has 29 heavy (non-hydrogen) atoms. The van der Waals surface area contributed by atoms with Crippen molar-refractivity contribution < 1.29 is 23.4 Å². The highest BCUT2D eigenvalue weighted by molar-refractivity contribution is 6.05. The topological polar surface area (TPSA) is 56.8 Å². The van der Waals surface area contributed by atoms with Crippen molar-refractivity contribution in [2.45, 2.75) is 13.5 Å². The van der Waals surface area contributed by atoms with Crippen LogP contribution in [0.25, 0.3) is 0 Å². The summed E-state index contributed by atoms with van der Waals surface area (Å²) < 4.78 is 30.7. The van der Waals surface area contributed by atoms with Gasteiger partial charge in [-0.3, -0.25) is 4.79 Å². The number of nitrogens with one attached hydrogen (secondary N) is 1. The fourth-order valence-electron chi connectivity index (χ4n) is 2.80. The summed E-state index contributed by atoms with van der Waals surface area (Å²) in [5.74, 6) is 0.0839. The molecule has 0 radical (unpaired) electrons. The molecule has 3 rings (SSSR count). The number of carbonyl (C=O) groups excluding carboxylic acids is 1. The lowest BCUT2D eigenvalue weighted by molar-refractivity contribution is 0.102. The van der Waals surface area contributed by atoms with Crippen LogP contribution in [0.5, 0.6) is 17.2 Å². The first-order valence-corrected chi connectivity index (χ1v) is 9.02. The maximum atomic E-state index is 14.1. The SMILES string of the molecule is COc1cc(C(=O)Nc2ccc(C)cc2F)cc(OC)c1OCc1ccccc1. The van der Waals surface area contributed by atoms with E-state index < -0.39 is 11.7 Å². The standard InChI is InChI=1S/C23H22FNO4/c1-15-9-10-19(18(24)11-15)25-23(26)17-12-20(27-2)22(21(13-17)28-3)29-14-16-7-5-4-6-8-16/h4-13H,14H2,1-3H3,(H,25,26). The van der Waals surface area contributed by atoms with Gasteiger partial charge >= 0.3 is 0 Å². The number of amides is 1. The number of halogens is 1. The first-order valence-electron chi connectivity index (χ1n) is 9.02. The normalized spacial score (nSPS) is 10.3. The van der Waals surface area contributed by atoms with Gasteiger partial charge in [0.1, 0.15) is 12.4 Å². The number of methoxy groups -OCH3 is 2. The monoisotopic (exact) mass is 395 g/mol. The predicted molar refractivity (Wildman–Crippen MR) is 109 cm³/mol. The van der Waals surface area contributed by atoms with Gasteiger partial charge in [-0.2, -0.15) is 0 Å². The van der Waals surface area contributed by atoms with Gasteiger partial charge in [0.25, 0.3) is 5.91 Å². The average molecular weight is 395 g/mol. The molecular formula is C23H22FNO4. The van der Waals surface area contributed by atoms with E-state index in [-0.39, 0.29) is 11.3 Å². The summed E-state index contributed by atoms with van der Waals surface area (Å²) in [5.41, 5.74) is 2.10. The zero-order valence-corrected chi connectivity index (χ0v) is 16.5. The van der Waals surface area contributed by atoms with Gasteiger partial charge in [0.15, 0.2) is 11.5 Å². The van der Waals surface area contributed by atoms with E-state index in [2.05, 4.69) is 5.32 Å². The third-order valence-corrected chi connectivity index (χ3v) is 4.32. The molecule has 0 unspecified atom stereocenters. The Hall–Kier alpha value is -3.54. The third-order valence-electron chi connectivity index (χ3n) is 4.32. The van der Waals surface area contributed by atoms with Crippen molar-refractivity contribution in [3.05, 3.63) is 83.2 Å². The molecule has 0 saturated heterocycles. The zero-order valence-electron chi connectivity index (χ0n) is 16.5. The molecule has 0 saturated carbocycles. The largest absolute Gasteiger partial charge is 0.493 e. The summed E-state index contributed by atoms with van der Waals surface area (Å²) >= 11 is 0. The molecule has 150 valence electrons. The Balaban J connectivity index is 1.85. The second-order valence-corrected chi connectivity index (χ2v) is 6.42. The van der Waals surface area contributed by atoms with Crippen LogP contribution in [0.2, 0.25) is 0 Å². The molecule has 6 heteroatoms. The summed E-state index contributed by atoms with van der Waals surface area (Å²) in [5, 5.41) is 2.57. The van der Waals surface area contributed by atoms with Crippen molar-refractivity contribution in [3.8, 4) is 17.2 Å². The van der Waals surface area contributed by atoms with E-state index in [0.717, 1.165) is 11.1 Å². The Morgan fingerprint density at radius 2 is 1.62 bits per heavy atom. The quantitative estimate of drug-likeness (QED) is 0.613. The maximum absolute atomic E-state index is 14.1. The van der Waals surface area contributed by atoms with Crippen molar-refractivity contribution in [1.29, 1.82) is 0 Å². The van der Waals surface area contributed by atoms with Crippen LogP contribution in [0.4, 0.5) is 10.1 Å². The van der Waals surface area contributed by atoms with Crippen LogP contribution in [0.1, 0.15) is 21.5 Å². The van der Waals surface area contributed by atoms with Crippen LogP contribution in [0, 0.1) is 12.7 Å². The number of benzene rings is 3. The van der Waals surface area contributed by atoms with Gasteiger partial charge in [-0.25, -0.2) is 4.39 Å². The van der Waals surface area contributed by atoms with E-state index in [1.54, 1.807) is 13.0 Å². The molecule has 5 nitrogen and oxygen atoms in total. The van der Waals surface area contributed by atoms with E-state index >= 15 is 0 Å². The smallest absolute Gasteiger partial charge is 0.256 e. The maximum Gasteiger partial charge on any atom is 0.256 e. The Morgan fingerprint density at radius 3 is 2.21 bits per heavy atom. The summed E-state index contributed by atoms with van der Waals surface area (Å²) in [4.78, 5) is 12.6. The molecular weight excluding hydrogens is 373 g/mol. The lowest BCUT2D eigenvalue weighted by Gasteiger charge is -2.16. The van der Waals surface area contributed by atoms with Gasteiger partial charge in [0.05, 0.1) is 19.9 Å². The Morgan fingerprint density at radius 1 is 0.966 bits per heavy atom. The Kier molecular flexibility index (Phi) is 6.34. The second kappa shape index (κ2) is 9.10. The number of aryl methyl sites for hydroxylation is 1. The number of rotatable bonds is 7. The Labute approximate surface area is 169 Å². The first-order chi connectivity index (χ1) is 14.0. The highest BCUT2D eigenvalue weighted by atomic mass is 19.1. The van der Waals surface area contributed by atoms with Crippen molar-refractivity contribution in [1.82, 2.24) is 0 Å². The van der Waals surface area contributed by atoms with Gasteiger partial charge in [-0.15, -0.1) is 0 Å². The van der Waals surface area contributed by atoms with Gasteiger partial charge in [-0.1, -0.05) is 36.4 Å². The lowest BCUT2D eigenvalue weighted by Crippen LogP contribution is -2.14. The molecule has 0 aliphatic carbocycles. The van der Waals surface area contributed by atoms with Crippen LogP contribution < -0.4 is 19.5 Å². The van der Waals surface area contributed by atoms with Crippen molar-refractivity contribution in [2.75, 3.05) is 19.5 Å². The summed E-state index contributed by atoms with van der Waals surface area (Å²) in [6.45, 7) is 2.09. The van der Waals surface area contributed by atoms with Crippen molar-refractivity contribution in [3.63, 3.8) is 0 Å². The number of hydrogen-bond acceptors (Lipinski definition) is 4. The molecule has 3 aromatic rings. The fraction of sp³-hybridized carbons (Fsp3) is 0.174. The van der Waals surface area contributed by atoms with Crippen LogP contribution in [0.3, 0.4) is 0 Å². The fourth-order valence-corrected chi connectivity index (χ4v) is 2.80. The molecule has 3 aromatic carbocycles. The minimum atomic E-state index is -0.500. The molecule has 0 atom stereocenters. The molecule has 0 fully saturated rings. The number of hydrogen-bond donors (Lipinski definition) is 1. The number of carbonyl (C=O) groups is 1. The lowest BCUT2D eigenvalue weighted by atomic mass is 10.1. The average Bonchev–Trinajstić information content (AvgIpc) is 2.74. The van der Waals surface area contributed by atoms with E-state index in [9.17, 15) is 9.18 Å². The summed E-state index contributed by atoms with van der Waals surface area (Å²) in [7, 11) is 2.96. The number of ether oxygens (including phenoxy) is 3. The summed E-state index contributed by atoms with van der Waals surface area (Å²) in [6, 6.07) is 17.3. The van der Waals surface area contributed by atoms with Crippen LogP contribution in [-0.4, -0.2) is 20.1 Å². The third kappa shape index (κ3) is 4.85. The summed E-state index contributed by atoms with van der Waals surface area (Å²) in [6.07, 6.45) is 0. The number of anilines is 1. The van der Waals surface area contributed by atoms with Crippen molar-refractivity contribution >= 4 is 11.6 Å². The molecule has 1 N–H and O–H groups in total. The molecule has 1 amide bonds. The van der Waals surface area contributed by atoms with E-state index in [1.165, 1.54) is 38.5 Å². The van der Waals surface area contributed by atoms with Gasteiger partial charge in [0.2, 0.25) is 5.75 Å². The molecule has 0 aromatic heterocycles. The molecule has 0 heterocycles. The van der Waals surface area contributed by atoms with Crippen LogP contribution >= 0.6 is 0 Å². The van der Waals surface area contributed by atoms with Crippen LogP contribution in [-0.2, 0) is 6.61 Å². The molecule has 0 spiro atoms. The minimum Gasteiger partial charge on any atom is -0.493 e. The second-order valence-electron chi connectivity index (χ2n) is 6.42. The Bertz CT molecular complexity index is 980. The first kappa shape index (κ1) is 20.2. The van der Waals surface area contributed by atoms with Gasteiger partial charge < -0.3 is 19.5 Å². The van der Waals surface area contributed by atoms with E-state index in [1.807, 2.05) is 30.3 Å². The highest BCUT2D eigenvalue weighted by Gasteiger charge is 2.19. The van der Waals surface area contributed by atoms with E-state index in [4.69, 9.17) is 14.2 Å². The van der Waals surface area contributed by atoms with Crippen molar-refractivity contribution in [2.24, 2.45) is 0 Å². The van der Waals surface area contributed by atoms with Gasteiger partial charge in [-0.05, 0) is 42.3 Å². The van der Waals surface area contributed by atoms with E-state index in [0.29, 0.717) is 23.9 Å². The predicted octanol–water partition coefficient (Wildman–Crippen LogP) is 4.98. The molecule has 0 aliphatic rings. The van der Waals surface area contributed by atoms with Gasteiger partial charge in [0, 0.05) is 5.56 Å². The highest BCUT2D eigenvalue weighted by Crippen LogP contribution is 2.39.